The molecule has 1 aromatic heterocycles. The van der Waals surface area contributed by atoms with Crippen LogP contribution in [0.1, 0.15) is 0 Å². The quantitative estimate of drug-likeness (QED) is 0.768. The molecule has 0 bridgehead atoms. The van der Waals surface area contributed by atoms with Crippen molar-refractivity contribution in [3.63, 3.8) is 0 Å². The lowest BCUT2D eigenvalue weighted by molar-refractivity contribution is 1.03. The molecule has 0 unspecified atom stereocenters. The van der Waals surface area contributed by atoms with E-state index in [-0.39, 0.29) is 5.15 Å². The minimum absolute atomic E-state index is 0.200. The topological polar surface area (TPSA) is 37.8 Å². The second-order valence-electron chi connectivity index (χ2n) is 2.03. The van der Waals surface area contributed by atoms with E-state index in [1.54, 1.807) is 6.08 Å². The van der Waals surface area contributed by atoms with Gasteiger partial charge in [-0.25, -0.2) is 0 Å². The molecule has 0 saturated carbocycles. The van der Waals surface area contributed by atoms with E-state index in [9.17, 15) is 0 Å². The van der Waals surface area contributed by atoms with Gasteiger partial charge in [0.2, 0.25) is 0 Å². The molecule has 1 rings (SSSR count). The molecule has 0 radical (unpaired) electrons. The van der Waals surface area contributed by atoms with E-state index in [4.69, 9.17) is 23.2 Å². The first-order chi connectivity index (χ1) is 5.75. The number of aromatic nitrogens is 2. The van der Waals surface area contributed by atoms with Gasteiger partial charge in [-0.05, 0) is 0 Å². The summed E-state index contributed by atoms with van der Waals surface area (Å²) in [6.07, 6.45) is 3.22. The summed E-state index contributed by atoms with van der Waals surface area (Å²) in [5, 5.41) is 10.7. The standard InChI is InChI=1S/C7H7Cl2N3/c1-2-3-10-5-4-11-12-7(9)6(5)8/h2,4H,1,3H2,(H,10,12). The minimum Gasteiger partial charge on any atom is -0.379 e. The van der Waals surface area contributed by atoms with Gasteiger partial charge in [0.05, 0.1) is 11.9 Å². The maximum Gasteiger partial charge on any atom is 0.172 e. The molecule has 0 amide bonds. The fourth-order valence-electron chi connectivity index (χ4n) is 0.654. The average Bonchev–Trinajstić information content (AvgIpc) is 2.08. The molecule has 12 heavy (non-hydrogen) atoms. The molecule has 0 aromatic carbocycles. The highest BCUT2D eigenvalue weighted by molar-refractivity contribution is 6.42. The van der Waals surface area contributed by atoms with Crippen molar-refractivity contribution in [3.05, 3.63) is 29.0 Å². The molecular weight excluding hydrogens is 197 g/mol. The number of rotatable bonds is 3. The highest BCUT2D eigenvalue weighted by Gasteiger charge is 2.04. The Labute approximate surface area is 80.4 Å². The number of hydrogen-bond acceptors (Lipinski definition) is 3. The number of anilines is 1. The van der Waals surface area contributed by atoms with Gasteiger partial charge in [-0.15, -0.1) is 11.7 Å². The van der Waals surface area contributed by atoms with Crippen molar-refractivity contribution in [1.29, 1.82) is 0 Å². The zero-order valence-corrected chi connectivity index (χ0v) is 7.73. The lowest BCUT2D eigenvalue weighted by Crippen LogP contribution is -2.00. The third-order valence-electron chi connectivity index (χ3n) is 1.19. The summed E-state index contributed by atoms with van der Waals surface area (Å²) >= 11 is 11.4. The highest BCUT2D eigenvalue weighted by Crippen LogP contribution is 2.25. The zero-order chi connectivity index (χ0) is 8.97. The number of hydrogen-bond donors (Lipinski definition) is 1. The maximum atomic E-state index is 5.80. The molecule has 0 aliphatic rings. The van der Waals surface area contributed by atoms with Crippen molar-refractivity contribution < 1.29 is 0 Å². The number of nitrogens with one attached hydrogen (secondary N) is 1. The zero-order valence-electron chi connectivity index (χ0n) is 6.22. The van der Waals surface area contributed by atoms with Crippen LogP contribution in [0.5, 0.6) is 0 Å². The molecular formula is C7H7Cl2N3. The molecule has 0 atom stereocenters. The largest absolute Gasteiger partial charge is 0.379 e. The minimum atomic E-state index is 0.200. The van der Waals surface area contributed by atoms with Crippen LogP contribution in [-0.4, -0.2) is 16.7 Å². The molecule has 1 heterocycles. The van der Waals surface area contributed by atoms with E-state index in [0.717, 1.165) is 0 Å². The van der Waals surface area contributed by atoms with Crippen molar-refractivity contribution >= 4 is 28.9 Å². The third kappa shape index (κ3) is 2.09. The summed E-state index contributed by atoms with van der Waals surface area (Å²) in [6, 6.07) is 0. The van der Waals surface area contributed by atoms with Gasteiger partial charge in [-0.3, -0.25) is 0 Å². The van der Waals surface area contributed by atoms with E-state index in [1.807, 2.05) is 0 Å². The molecule has 0 fully saturated rings. The predicted octanol–water partition coefficient (Wildman–Crippen LogP) is 2.38. The molecule has 0 aliphatic carbocycles. The summed E-state index contributed by atoms with van der Waals surface area (Å²) in [4.78, 5) is 0. The van der Waals surface area contributed by atoms with Crippen molar-refractivity contribution in [1.82, 2.24) is 10.2 Å². The Kier molecular flexibility index (Phi) is 3.31. The molecule has 0 aliphatic heterocycles. The van der Waals surface area contributed by atoms with Crippen LogP contribution in [-0.2, 0) is 0 Å². The van der Waals surface area contributed by atoms with Crippen LogP contribution >= 0.6 is 23.2 Å². The smallest absolute Gasteiger partial charge is 0.172 e. The summed E-state index contributed by atoms with van der Waals surface area (Å²) in [5.74, 6) is 0. The van der Waals surface area contributed by atoms with Gasteiger partial charge >= 0.3 is 0 Å². The summed E-state index contributed by atoms with van der Waals surface area (Å²) in [6.45, 7) is 4.17. The monoisotopic (exact) mass is 203 g/mol. The lowest BCUT2D eigenvalue weighted by atomic mass is 10.4. The summed E-state index contributed by atoms with van der Waals surface area (Å²) in [5.41, 5.74) is 0.663. The van der Waals surface area contributed by atoms with Gasteiger partial charge in [0.1, 0.15) is 5.02 Å². The van der Waals surface area contributed by atoms with Crippen LogP contribution in [0.3, 0.4) is 0 Å². The first-order valence-electron chi connectivity index (χ1n) is 3.27. The van der Waals surface area contributed by atoms with Crippen LogP contribution in [0.25, 0.3) is 0 Å². The Bertz CT molecular complexity index is 288. The van der Waals surface area contributed by atoms with Crippen LogP contribution in [0, 0.1) is 0 Å². The molecule has 0 spiro atoms. The van der Waals surface area contributed by atoms with Gasteiger partial charge in [0, 0.05) is 6.54 Å². The Morgan fingerprint density at radius 1 is 1.58 bits per heavy atom. The van der Waals surface area contributed by atoms with Gasteiger partial charge in [0.15, 0.2) is 5.15 Å². The van der Waals surface area contributed by atoms with Gasteiger partial charge in [-0.2, -0.15) is 5.10 Å². The van der Waals surface area contributed by atoms with Crippen molar-refractivity contribution in [2.45, 2.75) is 0 Å². The van der Waals surface area contributed by atoms with Gasteiger partial charge < -0.3 is 5.32 Å². The Morgan fingerprint density at radius 2 is 2.33 bits per heavy atom. The summed E-state index contributed by atoms with van der Waals surface area (Å²) in [7, 11) is 0. The molecule has 64 valence electrons. The van der Waals surface area contributed by atoms with Crippen LogP contribution < -0.4 is 5.32 Å². The lowest BCUT2D eigenvalue weighted by Gasteiger charge is -2.04. The molecule has 3 nitrogen and oxygen atoms in total. The Hall–Kier alpha value is -0.800. The number of nitrogens with zero attached hydrogens (tertiary/aromatic N) is 2. The molecule has 1 aromatic rings. The molecule has 0 saturated heterocycles. The van der Waals surface area contributed by atoms with E-state index < -0.39 is 0 Å². The Morgan fingerprint density at radius 3 is 3.00 bits per heavy atom. The first-order valence-corrected chi connectivity index (χ1v) is 4.02. The van der Waals surface area contributed by atoms with Crippen molar-refractivity contribution in [3.8, 4) is 0 Å². The second kappa shape index (κ2) is 4.28. The fraction of sp³-hybridized carbons (Fsp3) is 0.143. The fourth-order valence-corrected chi connectivity index (χ4v) is 0.953. The summed E-state index contributed by atoms with van der Waals surface area (Å²) < 4.78 is 0. The maximum absolute atomic E-state index is 5.80. The van der Waals surface area contributed by atoms with Crippen molar-refractivity contribution in [2.75, 3.05) is 11.9 Å². The van der Waals surface area contributed by atoms with Crippen LogP contribution in [0.4, 0.5) is 5.69 Å². The predicted molar refractivity (Wildman–Crippen MR) is 50.7 cm³/mol. The van der Waals surface area contributed by atoms with Crippen LogP contribution in [0.15, 0.2) is 18.9 Å². The van der Waals surface area contributed by atoms with Gasteiger partial charge in [0.25, 0.3) is 0 Å². The average molecular weight is 204 g/mol. The van der Waals surface area contributed by atoms with E-state index in [1.165, 1.54) is 6.20 Å². The SMILES string of the molecule is C=CCNc1cnnc(Cl)c1Cl. The van der Waals surface area contributed by atoms with Gasteiger partial charge in [-0.1, -0.05) is 29.3 Å². The van der Waals surface area contributed by atoms with E-state index in [2.05, 4.69) is 22.1 Å². The third-order valence-corrected chi connectivity index (χ3v) is 1.93. The van der Waals surface area contributed by atoms with Crippen molar-refractivity contribution in [2.24, 2.45) is 0 Å². The van der Waals surface area contributed by atoms with E-state index in [0.29, 0.717) is 17.3 Å². The Balaban J connectivity index is 2.84. The second-order valence-corrected chi connectivity index (χ2v) is 2.77. The van der Waals surface area contributed by atoms with E-state index >= 15 is 0 Å². The molecule has 5 heteroatoms. The first kappa shape index (κ1) is 9.29. The molecule has 1 N–H and O–H groups in total. The number of halogens is 2. The highest BCUT2D eigenvalue weighted by atomic mass is 35.5. The normalized spacial score (nSPS) is 9.50. The van der Waals surface area contributed by atoms with Crippen LogP contribution in [0.2, 0.25) is 10.2 Å².